The van der Waals surface area contributed by atoms with Crippen molar-refractivity contribution in [1.29, 1.82) is 0 Å². The van der Waals surface area contributed by atoms with Crippen LogP contribution in [-0.2, 0) is 0 Å². The Hall–Kier alpha value is -1.55. The van der Waals surface area contributed by atoms with Crippen LogP contribution in [0.25, 0.3) is 0 Å². The van der Waals surface area contributed by atoms with E-state index in [0.717, 1.165) is 6.54 Å². The Balaban J connectivity index is 2.13. The van der Waals surface area contributed by atoms with Gasteiger partial charge in [0.25, 0.3) is 0 Å². The second kappa shape index (κ2) is 4.99. The van der Waals surface area contributed by atoms with Crippen LogP contribution in [0.15, 0.2) is 18.2 Å². The molecule has 0 fully saturated rings. The molecule has 4 nitrogen and oxygen atoms in total. The van der Waals surface area contributed by atoms with Gasteiger partial charge in [0.2, 0.25) is 0 Å². The van der Waals surface area contributed by atoms with Crippen molar-refractivity contribution in [2.75, 3.05) is 26.3 Å². The van der Waals surface area contributed by atoms with Crippen molar-refractivity contribution >= 4 is 5.78 Å². The highest BCUT2D eigenvalue weighted by atomic mass is 16.6. The Bertz CT molecular complexity index is 390. The zero-order valence-corrected chi connectivity index (χ0v) is 9.29. The van der Waals surface area contributed by atoms with Crippen LogP contribution < -0.4 is 14.8 Å². The fourth-order valence-corrected chi connectivity index (χ4v) is 1.56. The summed E-state index contributed by atoms with van der Waals surface area (Å²) < 4.78 is 10.8. The zero-order valence-electron chi connectivity index (χ0n) is 9.29. The van der Waals surface area contributed by atoms with Crippen molar-refractivity contribution < 1.29 is 14.3 Å². The molecule has 0 aromatic heterocycles. The van der Waals surface area contributed by atoms with Gasteiger partial charge >= 0.3 is 0 Å². The highest BCUT2D eigenvalue weighted by Gasteiger charge is 2.14. The van der Waals surface area contributed by atoms with Gasteiger partial charge in [-0.05, 0) is 24.7 Å². The molecular weight excluding hydrogens is 206 g/mol. The smallest absolute Gasteiger partial charge is 0.176 e. The van der Waals surface area contributed by atoms with Gasteiger partial charge in [-0.15, -0.1) is 0 Å². The molecule has 1 aliphatic heterocycles. The lowest BCUT2D eigenvalue weighted by Gasteiger charge is -2.18. The molecule has 1 aliphatic rings. The van der Waals surface area contributed by atoms with Crippen LogP contribution in [0, 0.1) is 0 Å². The molecule has 0 saturated carbocycles. The quantitative estimate of drug-likeness (QED) is 0.777. The molecule has 0 unspecified atom stereocenters. The number of carbonyl (C=O) groups is 1. The SMILES string of the molecule is CCNCC(=O)c1ccc2c(c1)OCCO2. The molecule has 0 aliphatic carbocycles. The number of Topliss-reactive ketones (excluding diaryl/α,β-unsaturated/α-hetero) is 1. The Labute approximate surface area is 94.6 Å². The molecule has 1 aromatic rings. The molecule has 0 atom stereocenters. The summed E-state index contributed by atoms with van der Waals surface area (Å²) in [6.45, 7) is 4.22. The number of hydrogen-bond acceptors (Lipinski definition) is 4. The predicted octanol–water partition coefficient (Wildman–Crippen LogP) is 1.25. The molecule has 1 aromatic carbocycles. The largest absolute Gasteiger partial charge is 0.486 e. The first-order chi connectivity index (χ1) is 7.81. The number of likely N-dealkylation sites (N-methyl/N-ethyl adjacent to an activating group) is 1. The minimum absolute atomic E-state index is 0.0684. The maximum atomic E-state index is 11.7. The summed E-state index contributed by atoms with van der Waals surface area (Å²) in [7, 11) is 0. The molecule has 1 N–H and O–H groups in total. The highest BCUT2D eigenvalue weighted by Crippen LogP contribution is 2.30. The van der Waals surface area contributed by atoms with E-state index in [1.54, 1.807) is 18.2 Å². The van der Waals surface area contributed by atoms with E-state index in [-0.39, 0.29) is 5.78 Å². The number of rotatable bonds is 4. The number of fused-ring (bicyclic) bond motifs is 1. The van der Waals surface area contributed by atoms with Gasteiger partial charge in [0.05, 0.1) is 6.54 Å². The Kier molecular flexibility index (Phi) is 3.41. The third-order valence-corrected chi connectivity index (χ3v) is 2.40. The summed E-state index contributed by atoms with van der Waals surface area (Å²) >= 11 is 0. The normalized spacial score (nSPS) is 13.6. The van der Waals surface area contributed by atoms with Crippen LogP contribution >= 0.6 is 0 Å². The van der Waals surface area contributed by atoms with E-state index in [1.807, 2.05) is 6.92 Å². The van der Waals surface area contributed by atoms with Crippen LogP contribution in [0.4, 0.5) is 0 Å². The van der Waals surface area contributed by atoms with E-state index in [2.05, 4.69) is 5.32 Å². The second-order valence-electron chi connectivity index (χ2n) is 3.56. The Morgan fingerprint density at radius 2 is 2.06 bits per heavy atom. The van der Waals surface area contributed by atoms with E-state index < -0.39 is 0 Å². The maximum Gasteiger partial charge on any atom is 0.176 e. The summed E-state index contributed by atoms with van der Waals surface area (Å²) in [6, 6.07) is 5.30. The first kappa shape index (κ1) is 11.0. The van der Waals surface area contributed by atoms with Crippen LogP contribution in [-0.4, -0.2) is 32.1 Å². The number of benzene rings is 1. The molecule has 0 radical (unpaired) electrons. The van der Waals surface area contributed by atoms with Gasteiger partial charge in [-0.2, -0.15) is 0 Å². The molecule has 86 valence electrons. The van der Waals surface area contributed by atoms with Gasteiger partial charge < -0.3 is 14.8 Å². The van der Waals surface area contributed by atoms with E-state index in [4.69, 9.17) is 9.47 Å². The second-order valence-corrected chi connectivity index (χ2v) is 3.56. The molecule has 0 spiro atoms. The summed E-state index contributed by atoms with van der Waals surface area (Å²) in [5, 5.41) is 3.00. The molecule has 1 heterocycles. The maximum absolute atomic E-state index is 11.7. The van der Waals surface area contributed by atoms with E-state index in [0.29, 0.717) is 36.8 Å². The van der Waals surface area contributed by atoms with Crippen molar-refractivity contribution in [2.24, 2.45) is 0 Å². The van der Waals surface area contributed by atoms with Gasteiger partial charge in [0.15, 0.2) is 17.3 Å². The lowest BCUT2D eigenvalue weighted by atomic mass is 10.1. The van der Waals surface area contributed by atoms with E-state index >= 15 is 0 Å². The van der Waals surface area contributed by atoms with Crippen molar-refractivity contribution in [2.45, 2.75) is 6.92 Å². The Morgan fingerprint density at radius 3 is 2.81 bits per heavy atom. The highest BCUT2D eigenvalue weighted by molar-refractivity contribution is 5.98. The molecule has 16 heavy (non-hydrogen) atoms. The van der Waals surface area contributed by atoms with Crippen molar-refractivity contribution in [3.63, 3.8) is 0 Å². The number of nitrogens with one attached hydrogen (secondary N) is 1. The fraction of sp³-hybridized carbons (Fsp3) is 0.417. The first-order valence-corrected chi connectivity index (χ1v) is 5.45. The monoisotopic (exact) mass is 221 g/mol. The average molecular weight is 221 g/mol. The number of ketones is 1. The summed E-state index contributed by atoms with van der Waals surface area (Å²) in [5.41, 5.74) is 0.658. The van der Waals surface area contributed by atoms with Gasteiger partial charge in [-0.25, -0.2) is 0 Å². The number of ether oxygens (including phenoxy) is 2. The van der Waals surface area contributed by atoms with Crippen molar-refractivity contribution in [1.82, 2.24) is 5.32 Å². The van der Waals surface area contributed by atoms with Crippen LogP contribution in [0.5, 0.6) is 11.5 Å². The molecule has 4 heteroatoms. The summed E-state index contributed by atoms with van der Waals surface area (Å²) in [4.78, 5) is 11.7. The van der Waals surface area contributed by atoms with Gasteiger partial charge in [0.1, 0.15) is 13.2 Å². The number of hydrogen-bond donors (Lipinski definition) is 1. The lowest BCUT2D eigenvalue weighted by molar-refractivity contribution is 0.0990. The number of carbonyl (C=O) groups excluding carboxylic acids is 1. The van der Waals surface area contributed by atoms with Gasteiger partial charge in [0, 0.05) is 5.56 Å². The van der Waals surface area contributed by atoms with Crippen LogP contribution in [0.3, 0.4) is 0 Å². The van der Waals surface area contributed by atoms with Crippen molar-refractivity contribution in [3.05, 3.63) is 23.8 Å². The Morgan fingerprint density at radius 1 is 1.31 bits per heavy atom. The molecular formula is C12H15NO3. The van der Waals surface area contributed by atoms with Crippen LogP contribution in [0.2, 0.25) is 0 Å². The average Bonchev–Trinajstić information content (AvgIpc) is 2.35. The minimum Gasteiger partial charge on any atom is -0.486 e. The first-order valence-electron chi connectivity index (χ1n) is 5.45. The van der Waals surface area contributed by atoms with Gasteiger partial charge in [-0.1, -0.05) is 6.92 Å². The molecule has 0 saturated heterocycles. The van der Waals surface area contributed by atoms with E-state index in [9.17, 15) is 4.79 Å². The molecule has 2 rings (SSSR count). The topological polar surface area (TPSA) is 47.6 Å². The third-order valence-electron chi connectivity index (χ3n) is 2.40. The predicted molar refractivity (Wildman–Crippen MR) is 60.3 cm³/mol. The standard InChI is InChI=1S/C12H15NO3/c1-2-13-8-10(14)9-3-4-11-12(7-9)16-6-5-15-11/h3-4,7,13H,2,5-6,8H2,1H3. The van der Waals surface area contributed by atoms with E-state index in [1.165, 1.54) is 0 Å². The lowest BCUT2D eigenvalue weighted by Crippen LogP contribution is -2.23. The van der Waals surface area contributed by atoms with Gasteiger partial charge in [-0.3, -0.25) is 4.79 Å². The van der Waals surface area contributed by atoms with Crippen molar-refractivity contribution in [3.8, 4) is 11.5 Å². The zero-order chi connectivity index (χ0) is 11.4. The summed E-state index contributed by atoms with van der Waals surface area (Å²) in [5.74, 6) is 1.44. The summed E-state index contributed by atoms with van der Waals surface area (Å²) in [6.07, 6.45) is 0. The third kappa shape index (κ3) is 2.33. The minimum atomic E-state index is 0.0684. The molecule has 0 bridgehead atoms. The molecule has 0 amide bonds. The van der Waals surface area contributed by atoms with Crippen LogP contribution in [0.1, 0.15) is 17.3 Å². The fourth-order valence-electron chi connectivity index (χ4n) is 1.56.